The van der Waals surface area contributed by atoms with Gasteiger partial charge in [0.15, 0.2) is 24.4 Å². The van der Waals surface area contributed by atoms with E-state index in [0.717, 1.165) is 11.2 Å². The maximum absolute atomic E-state index is 13.2. The molecule has 1 fully saturated rings. The van der Waals surface area contributed by atoms with Gasteiger partial charge in [-0.1, -0.05) is 0 Å². The highest BCUT2D eigenvalue weighted by atomic mass is 31.2. The van der Waals surface area contributed by atoms with E-state index < -0.39 is 62.5 Å². The summed E-state index contributed by atoms with van der Waals surface area (Å²) in [4.78, 5) is 49.5. The van der Waals surface area contributed by atoms with Crippen molar-refractivity contribution in [3.05, 3.63) is 11.7 Å². The zero-order valence-electron chi connectivity index (χ0n) is 12.6. The Morgan fingerprint density at radius 3 is 2.77 bits per heavy atom. The number of nitrogens with one attached hydrogen (secondary N) is 1. The number of amides is 1. The van der Waals surface area contributed by atoms with Crippen LogP contribution in [0.3, 0.4) is 0 Å². The molecule has 0 aromatic carbocycles. The Hall–Kier alpha value is -2.25. The molecule has 26 heavy (non-hydrogen) atoms. The molecule has 0 aliphatic carbocycles. The maximum atomic E-state index is 13.2. The summed E-state index contributed by atoms with van der Waals surface area (Å²) in [7, 11) is -3.20. The Morgan fingerprint density at radius 1 is 1.46 bits per heavy atom. The van der Waals surface area contributed by atoms with Gasteiger partial charge in [0, 0.05) is 0 Å². The van der Waals surface area contributed by atoms with E-state index >= 15 is 0 Å². The van der Waals surface area contributed by atoms with E-state index in [0.29, 0.717) is 0 Å². The standard InChI is InChI=1S/C11H12F2N5O7P/c12-5(13)2-4(19)8(24-9(2)25-11(21)26(22)23)18-1-15-3-6(18)16-10(14)17-7(3)20/h1,3-4,6,8-9,19,22-23H,(H3,14,16,17,20)/t3?,4-,6?,8-,9-/m1/s1. The Kier molecular flexibility index (Phi) is 4.86. The van der Waals surface area contributed by atoms with Crippen LogP contribution >= 0.6 is 8.38 Å². The first-order valence-electron chi connectivity index (χ1n) is 6.92. The third kappa shape index (κ3) is 3.12. The molecule has 15 heteroatoms. The fraction of sp³-hybridized carbons (Fsp3) is 0.455. The van der Waals surface area contributed by atoms with Crippen LogP contribution < -0.4 is 11.1 Å². The largest absolute Gasteiger partial charge is 0.425 e. The van der Waals surface area contributed by atoms with Crippen molar-refractivity contribution in [2.75, 3.05) is 0 Å². The summed E-state index contributed by atoms with van der Waals surface area (Å²) in [6, 6.07) is -1.04. The fourth-order valence-corrected chi connectivity index (χ4v) is 2.81. The van der Waals surface area contributed by atoms with Crippen molar-refractivity contribution in [1.29, 1.82) is 0 Å². The molecule has 3 aliphatic rings. The average Bonchev–Trinajstić information content (AvgIpc) is 3.08. The zero-order chi connectivity index (χ0) is 19.2. The minimum atomic E-state index is -3.20. The summed E-state index contributed by atoms with van der Waals surface area (Å²) in [5.41, 5.74) is 2.79. The van der Waals surface area contributed by atoms with Crippen LogP contribution in [0.5, 0.6) is 0 Å². The lowest BCUT2D eigenvalue weighted by atomic mass is 10.1. The summed E-state index contributed by atoms with van der Waals surface area (Å²) in [6.45, 7) is 0. The monoisotopic (exact) mass is 395 g/mol. The van der Waals surface area contributed by atoms with Crippen molar-refractivity contribution < 1.29 is 42.7 Å². The number of carbonyl (C=O) groups excluding carboxylic acids is 2. The molecule has 3 aliphatic heterocycles. The van der Waals surface area contributed by atoms with Gasteiger partial charge < -0.3 is 35.0 Å². The summed E-state index contributed by atoms with van der Waals surface area (Å²) < 4.78 is 35.9. The van der Waals surface area contributed by atoms with Gasteiger partial charge in [-0.05, 0) is 0 Å². The number of carbonyl (C=O) groups is 2. The van der Waals surface area contributed by atoms with Crippen molar-refractivity contribution in [3.8, 4) is 0 Å². The number of rotatable bonds is 3. The number of aliphatic hydroxyl groups excluding tert-OH is 1. The number of nitrogens with zero attached hydrogens (tertiary/aromatic N) is 3. The third-order valence-electron chi connectivity index (χ3n) is 3.73. The number of aliphatic imine (C=N–C) groups is 2. The highest BCUT2D eigenvalue weighted by Crippen LogP contribution is 2.37. The number of ether oxygens (including phenoxy) is 2. The minimum absolute atomic E-state index is 0.235. The van der Waals surface area contributed by atoms with E-state index in [1.165, 1.54) is 0 Å². The van der Waals surface area contributed by atoms with Crippen molar-refractivity contribution in [3.63, 3.8) is 0 Å². The SMILES string of the molecule is NC1=NC2C(N=CN2[C@@H]2O[C@H](OC(=O)P(O)O)C(=C(F)F)[C@H]2O)C(=O)N1. The molecular weight excluding hydrogens is 383 g/mol. The van der Waals surface area contributed by atoms with Gasteiger partial charge in [-0.3, -0.25) is 15.1 Å². The van der Waals surface area contributed by atoms with Crippen LogP contribution in [0.4, 0.5) is 13.6 Å². The van der Waals surface area contributed by atoms with Crippen LogP contribution in [-0.2, 0) is 14.3 Å². The first kappa shape index (κ1) is 18.5. The quantitative estimate of drug-likeness (QED) is 0.341. The highest BCUT2D eigenvalue weighted by molar-refractivity contribution is 7.63. The second kappa shape index (κ2) is 6.81. The topological polar surface area (TPSA) is 179 Å². The molecular formula is C11H12F2N5O7P. The number of hydrogen-bond donors (Lipinski definition) is 5. The van der Waals surface area contributed by atoms with E-state index in [4.69, 9.17) is 20.3 Å². The molecule has 5 atom stereocenters. The first-order chi connectivity index (χ1) is 12.2. The van der Waals surface area contributed by atoms with E-state index in [-0.39, 0.29) is 5.96 Å². The Labute approximate surface area is 144 Å². The lowest BCUT2D eigenvalue weighted by molar-refractivity contribution is -0.135. The molecule has 12 nitrogen and oxygen atoms in total. The smallest absolute Gasteiger partial charge is 0.386 e. The maximum Gasteiger partial charge on any atom is 0.386 e. The minimum Gasteiger partial charge on any atom is -0.425 e. The Morgan fingerprint density at radius 2 is 2.15 bits per heavy atom. The fourth-order valence-electron chi connectivity index (χ4n) is 2.62. The molecule has 0 aromatic rings. The van der Waals surface area contributed by atoms with Crippen LogP contribution in [0.2, 0.25) is 0 Å². The molecule has 0 radical (unpaired) electrons. The number of aliphatic hydroxyl groups is 1. The molecule has 0 bridgehead atoms. The van der Waals surface area contributed by atoms with Crippen LogP contribution in [0.25, 0.3) is 0 Å². The van der Waals surface area contributed by atoms with Gasteiger partial charge in [0.1, 0.15) is 6.10 Å². The molecule has 3 heterocycles. The molecule has 142 valence electrons. The van der Waals surface area contributed by atoms with Gasteiger partial charge >= 0.3 is 5.71 Å². The number of hydrogen-bond acceptors (Lipinski definition) is 11. The number of halogens is 2. The Balaban J connectivity index is 1.86. The summed E-state index contributed by atoms with van der Waals surface area (Å²) in [5, 5.41) is 12.4. The van der Waals surface area contributed by atoms with Crippen LogP contribution in [-0.4, -0.2) is 74.5 Å². The summed E-state index contributed by atoms with van der Waals surface area (Å²) in [6.07, 6.45) is -7.97. The predicted molar refractivity (Wildman–Crippen MR) is 79.4 cm³/mol. The normalized spacial score (nSPS) is 33.2. The number of nitrogens with two attached hydrogens (primary N) is 1. The van der Waals surface area contributed by atoms with Crippen molar-refractivity contribution in [1.82, 2.24) is 10.2 Å². The lowest BCUT2D eigenvalue weighted by Crippen LogP contribution is -2.56. The number of fused-ring (bicyclic) bond motifs is 1. The van der Waals surface area contributed by atoms with Crippen molar-refractivity contribution in [2.24, 2.45) is 15.7 Å². The zero-order valence-corrected chi connectivity index (χ0v) is 13.5. The van der Waals surface area contributed by atoms with Crippen LogP contribution in [0, 0.1) is 0 Å². The van der Waals surface area contributed by atoms with E-state index in [1.54, 1.807) is 0 Å². The van der Waals surface area contributed by atoms with Crippen LogP contribution in [0.1, 0.15) is 0 Å². The number of guanidine groups is 1. The first-order valence-corrected chi connectivity index (χ1v) is 8.17. The van der Waals surface area contributed by atoms with Crippen molar-refractivity contribution >= 4 is 32.3 Å². The molecule has 0 spiro atoms. The van der Waals surface area contributed by atoms with Gasteiger partial charge in [0.25, 0.3) is 20.4 Å². The molecule has 0 saturated carbocycles. The van der Waals surface area contributed by atoms with Crippen molar-refractivity contribution in [2.45, 2.75) is 30.8 Å². The molecule has 2 unspecified atom stereocenters. The van der Waals surface area contributed by atoms with Gasteiger partial charge in [0.2, 0.25) is 6.29 Å². The van der Waals surface area contributed by atoms with Gasteiger partial charge in [-0.25, -0.2) is 9.79 Å². The molecule has 0 aromatic heterocycles. The van der Waals surface area contributed by atoms with Gasteiger partial charge in [-0.2, -0.15) is 8.78 Å². The Bertz CT molecular complexity index is 728. The van der Waals surface area contributed by atoms with E-state index in [1.807, 2.05) is 0 Å². The molecule has 1 saturated heterocycles. The average molecular weight is 395 g/mol. The molecule has 1 amide bonds. The molecule has 6 N–H and O–H groups in total. The third-order valence-corrected chi connectivity index (χ3v) is 4.16. The van der Waals surface area contributed by atoms with Crippen LogP contribution in [0.15, 0.2) is 21.6 Å². The van der Waals surface area contributed by atoms with E-state index in [9.17, 15) is 23.5 Å². The lowest BCUT2D eigenvalue weighted by Gasteiger charge is -2.32. The van der Waals surface area contributed by atoms with Gasteiger partial charge in [0.05, 0.1) is 11.9 Å². The van der Waals surface area contributed by atoms with Gasteiger partial charge in [-0.15, -0.1) is 0 Å². The van der Waals surface area contributed by atoms with E-state index in [2.05, 4.69) is 20.0 Å². The highest BCUT2D eigenvalue weighted by Gasteiger charge is 2.52. The summed E-state index contributed by atoms with van der Waals surface area (Å²) in [5.74, 6) is -0.823. The second-order valence-electron chi connectivity index (χ2n) is 5.27. The summed E-state index contributed by atoms with van der Waals surface area (Å²) >= 11 is 0. The second-order valence-corrected chi connectivity index (χ2v) is 6.21. The predicted octanol–water partition coefficient (Wildman–Crippen LogP) is -1.90. The molecule has 3 rings (SSSR count).